The average Bonchev–Trinajstić information content (AvgIpc) is 2.61. The van der Waals surface area contributed by atoms with Crippen LogP contribution in [0.3, 0.4) is 0 Å². The molecular weight excluding hydrogens is 310 g/mol. The standard InChI is InChI=1S/C17H29N3O4/c1-12(20-10-8-13(9-11-20)16(22)24-2)15(21)19-17(23)18-14-6-4-3-5-7-14/h12-14H,3-11H2,1-2H3,(H2,18,19,21,23)/t12-/m0/s1. The summed E-state index contributed by atoms with van der Waals surface area (Å²) in [6, 6.07) is -0.610. The number of nitrogens with zero attached hydrogens (tertiary/aromatic N) is 1. The number of ether oxygens (including phenoxy) is 1. The first-order valence-corrected chi connectivity index (χ1v) is 8.94. The van der Waals surface area contributed by atoms with Gasteiger partial charge < -0.3 is 10.1 Å². The monoisotopic (exact) mass is 339 g/mol. The summed E-state index contributed by atoms with van der Waals surface area (Å²) in [6.07, 6.45) is 6.81. The van der Waals surface area contributed by atoms with E-state index >= 15 is 0 Å². The molecule has 1 saturated carbocycles. The third-order valence-electron chi connectivity index (χ3n) is 5.17. The first-order valence-electron chi connectivity index (χ1n) is 8.94. The van der Waals surface area contributed by atoms with E-state index in [-0.39, 0.29) is 29.9 Å². The van der Waals surface area contributed by atoms with Gasteiger partial charge in [-0.15, -0.1) is 0 Å². The van der Waals surface area contributed by atoms with E-state index in [2.05, 4.69) is 10.6 Å². The predicted octanol–water partition coefficient (Wildman–Crippen LogP) is 1.42. The number of urea groups is 1. The van der Waals surface area contributed by atoms with Crippen molar-refractivity contribution in [2.24, 2.45) is 5.92 Å². The van der Waals surface area contributed by atoms with E-state index in [0.717, 1.165) is 25.7 Å². The fourth-order valence-corrected chi connectivity index (χ4v) is 3.54. The average molecular weight is 339 g/mol. The first kappa shape index (κ1) is 18.7. The number of hydrogen-bond acceptors (Lipinski definition) is 5. The van der Waals surface area contributed by atoms with E-state index in [1.807, 2.05) is 4.90 Å². The zero-order valence-electron chi connectivity index (χ0n) is 14.7. The second-order valence-electron chi connectivity index (χ2n) is 6.81. The van der Waals surface area contributed by atoms with Gasteiger partial charge in [-0.2, -0.15) is 0 Å². The highest BCUT2D eigenvalue weighted by atomic mass is 16.5. The Bertz CT molecular complexity index is 455. The van der Waals surface area contributed by atoms with Gasteiger partial charge in [0.2, 0.25) is 5.91 Å². The number of amides is 3. The lowest BCUT2D eigenvalue weighted by molar-refractivity contribution is -0.147. The lowest BCUT2D eigenvalue weighted by Crippen LogP contribution is -2.53. The van der Waals surface area contributed by atoms with Crippen LogP contribution >= 0.6 is 0 Å². The largest absolute Gasteiger partial charge is 0.469 e. The molecule has 2 rings (SSSR count). The molecule has 7 nitrogen and oxygen atoms in total. The minimum absolute atomic E-state index is 0.0869. The Balaban J connectivity index is 1.73. The minimum atomic E-state index is -0.400. The van der Waals surface area contributed by atoms with Crippen LogP contribution in [0.25, 0.3) is 0 Å². The summed E-state index contributed by atoms with van der Waals surface area (Å²) < 4.78 is 4.77. The molecule has 2 fully saturated rings. The fraction of sp³-hybridized carbons (Fsp3) is 0.824. The van der Waals surface area contributed by atoms with Crippen LogP contribution in [-0.2, 0) is 14.3 Å². The summed E-state index contributed by atoms with van der Waals surface area (Å²) in [5.41, 5.74) is 0. The molecule has 1 saturated heterocycles. The van der Waals surface area contributed by atoms with Crippen molar-refractivity contribution in [1.29, 1.82) is 0 Å². The Morgan fingerprint density at radius 2 is 1.67 bits per heavy atom. The predicted molar refractivity (Wildman–Crippen MR) is 89.3 cm³/mol. The van der Waals surface area contributed by atoms with Crippen molar-refractivity contribution in [3.05, 3.63) is 0 Å². The molecule has 0 unspecified atom stereocenters. The van der Waals surface area contributed by atoms with Crippen molar-refractivity contribution >= 4 is 17.9 Å². The summed E-state index contributed by atoms with van der Waals surface area (Å²) in [5.74, 6) is -0.561. The molecule has 1 atom stereocenters. The highest BCUT2D eigenvalue weighted by Gasteiger charge is 2.30. The molecule has 136 valence electrons. The number of carbonyl (C=O) groups excluding carboxylic acids is 3. The molecule has 0 bridgehead atoms. The third kappa shape index (κ3) is 5.19. The van der Waals surface area contributed by atoms with Crippen LogP contribution in [0.15, 0.2) is 0 Å². The van der Waals surface area contributed by atoms with Gasteiger partial charge in [0.15, 0.2) is 0 Å². The van der Waals surface area contributed by atoms with Gasteiger partial charge in [0.05, 0.1) is 19.1 Å². The van der Waals surface area contributed by atoms with Crippen molar-refractivity contribution in [3.8, 4) is 0 Å². The number of imide groups is 1. The van der Waals surface area contributed by atoms with E-state index in [1.54, 1.807) is 6.92 Å². The molecule has 0 aromatic rings. The van der Waals surface area contributed by atoms with Crippen molar-refractivity contribution in [2.45, 2.75) is 64.0 Å². The number of rotatable bonds is 4. The second kappa shape index (κ2) is 9.01. The van der Waals surface area contributed by atoms with Crippen molar-refractivity contribution in [3.63, 3.8) is 0 Å². The SMILES string of the molecule is COC(=O)C1CCN([C@@H](C)C(=O)NC(=O)NC2CCCCC2)CC1. The summed E-state index contributed by atoms with van der Waals surface area (Å²) in [6.45, 7) is 3.10. The molecule has 0 radical (unpaired) electrons. The van der Waals surface area contributed by atoms with Crippen molar-refractivity contribution in [1.82, 2.24) is 15.5 Å². The maximum absolute atomic E-state index is 12.3. The van der Waals surface area contributed by atoms with Gasteiger partial charge in [0.1, 0.15) is 0 Å². The van der Waals surface area contributed by atoms with Gasteiger partial charge in [-0.1, -0.05) is 19.3 Å². The van der Waals surface area contributed by atoms with Gasteiger partial charge in [-0.3, -0.25) is 19.8 Å². The number of hydrogen-bond donors (Lipinski definition) is 2. The molecule has 1 heterocycles. The van der Waals surface area contributed by atoms with E-state index in [9.17, 15) is 14.4 Å². The van der Waals surface area contributed by atoms with Gasteiger partial charge in [0.25, 0.3) is 0 Å². The van der Waals surface area contributed by atoms with Crippen molar-refractivity contribution in [2.75, 3.05) is 20.2 Å². The number of methoxy groups -OCH3 is 1. The Morgan fingerprint density at radius 3 is 2.25 bits per heavy atom. The van der Waals surface area contributed by atoms with Crippen LogP contribution in [0.1, 0.15) is 51.9 Å². The molecule has 0 spiro atoms. The van der Waals surface area contributed by atoms with Crippen LogP contribution < -0.4 is 10.6 Å². The lowest BCUT2D eigenvalue weighted by atomic mass is 9.95. The molecule has 7 heteroatoms. The Labute approximate surface area is 143 Å². The maximum Gasteiger partial charge on any atom is 0.321 e. The topological polar surface area (TPSA) is 87.7 Å². The Morgan fingerprint density at radius 1 is 1.04 bits per heavy atom. The first-order chi connectivity index (χ1) is 11.5. The summed E-state index contributed by atoms with van der Waals surface area (Å²) in [4.78, 5) is 37.8. The zero-order valence-corrected chi connectivity index (χ0v) is 14.7. The summed E-state index contributed by atoms with van der Waals surface area (Å²) in [5, 5.41) is 5.33. The highest BCUT2D eigenvalue weighted by Crippen LogP contribution is 2.20. The van der Waals surface area contributed by atoms with Crippen LogP contribution in [0.4, 0.5) is 4.79 Å². The summed E-state index contributed by atoms with van der Waals surface area (Å²) >= 11 is 0. The van der Waals surface area contributed by atoms with Crippen LogP contribution in [0, 0.1) is 5.92 Å². The Kier molecular flexibility index (Phi) is 7.02. The second-order valence-corrected chi connectivity index (χ2v) is 6.81. The number of nitrogens with one attached hydrogen (secondary N) is 2. The molecule has 24 heavy (non-hydrogen) atoms. The number of esters is 1. The normalized spacial score (nSPS) is 21.8. The van der Waals surface area contributed by atoms with E-state index in [4.69, 9.17) is 4.74 Å². The van der Waals surface area contributed by atoms with Crippen LogP contribution in [-0.4, -0.2) is 55.1 Å². The molecular formula is C17H29N3O4. The quantitative estimate of drug-likeness (QED) is 0.756. The summed E-state index contributed by atoms with van der Waals surface area (Å²) in [7, 11) is 1.40. The van der Waals surface area contributed by atoms with Crippen LogP contribution in [0.5, 0.6) is 0 Å². The van der Waals surface area contributed by atoms with E-state index in [0.29, 0.717) is 25.9 Å². The van der Waals surface area contributed by atoms with Crippen LogP contribution in [0.2, 0.25) is 0 Å². The number of likely N-dealkylation sites (tertiary alicyclic amines) is 1. The fourth-order valence-electron chi connectivity index (χ4n) is 3.54. The molecule has 1 aliphatic heterocycles. The van der Waals surface area contributed by atoms with Gasteiger partial charge in [-0.05, 0) is 45.7 Å². The molecule has 2 aliphatic rings. The van der Waals surface area contributed by atoms with Gasteiger partial charge >= 0.3 is 12.0 Å². The number of carbonyl (C=O) groups is 3. The minimum Gasteiger partial charge on any atom is -0.469 e. The molecule has 0 aromatic heterocycles. The molecule has 3 amide bonds. The van der Waals surface area contributed by atoms with Gasteiger partial charge in [0, 0.05) is 6.04 Å². The lowest BCUT2D eigenvalue weighted by Gasteiger charge is -2.34. The van der Waals surface area contributed by atoms with E-state index < -0.39 is 6.03 Å². The smallest absolute Gasteiger partial charge is 0.321 e. The Hall–Kier alpha value is -1.63. The number of piperidine rings is 1. The maximum atomic E-state index is 12.3. The zero-order chi connectivity index (χ0) is 17.5. The van der Waals surface area contributed by atoms with Crippen molar-refractivity contribution < 1.29 is 19.1 Å². The van der Waals surface area contributed by atoms with E-state index in [1.165, 1.54) is 13.5 Å². The molecule has 0 aromatic carbocycles. The third-order valence-corrected chi connectivity index (χ3v) is 5.17. The highest BCUT2D eigenvalue weighted by molar-refractivity contribution is 5.96. The van der Waals surface area contributed by atoms with Gasteiger partial charge in [-0.25, -0.2) is 4.79 Å². The molecule has 2 N–H and O–H groups in total. The molecule has 1 aliphatic carbocycles.